The monoisotopic (exact) mass is 189 g/mol. The summed E-state index contributed by atoms with van der Waals surface area (Å²) in [5.41, 5.74) is 5.27. The van der Waals surface area contributed by atoms with Crippen LogP contribution < -0.4 is 5.73 Å². The lowest BCUT2D eigenvalue weighted by molar-refractivity contribution is -0.140. The van der Waals surface area contributed by atoms with E-state index in [1.807, 2.05) is 0 Å². The van der Waals surface area contributed by atoms with Crippen LogP contribution >= 0.6 is 0 Å². The highest BCUT2D eigenvalue weighted by atomic mass is 16.4. The molecule has 0 amide bonds. The number of rotatable bonds is 7. The van der Waals surface area contributed by atoms with Crippen LogP contribution in [-0.2, 0) is 9.59 Å². The summed E-state index contributed by atoms with van der Waals surface area (Å²) in [5, 5.41) is 16.9. The summed E-state index contributed by atoms with van der Waals surface area (Å²) in [5.74, 6) is -1.91. The predicted molar refractivity (Wildman–Crippen MR) is 46.3 cm³/mol. The van der Waals surface area contributed by atoms with E-state index in [-0.39, 0.29) is 18.8 Å². The molecule has 4 N–H and O–H groups in total. The molecule has 1 unspecified atom stereocenters. The van der Waals surface area contributed by atoms with Crippen LogP contribution in [0.3, 0.4) is 0 Å². The molecule has 0 heterocycles. The van der Waals surface area contributed by atoms with E-state index in [9.17, 15) is 9.59 Å². The van der Waals surface area contributed by atoms with Gasteiger partial charge in [0.05, 0.1) is 0 Å². The highest BCUT2D eigenvalue weighted by Crippen LogP contribution is 2.14. The van der Waals surface area contributed by atoms with E-state index in [0.29, 0.717) is 19.4 Å². The molecular weight excluding hydrogens is 174 g/mol. The number of hydrogen-bond donors (Lipinski definition) is 3. The second-order valence-electron chi connectivity index (χ2n) is 2.97. The van der Waals surface area contributed by atoms with Crippen molar-refractivity contribution in [3.05, 3.63) is 0 Å². The van der Waals surface area contributed by atoms with Gasteiger partial charge in [-0.05, 0) is 25.3 Å². The quantitative estimate of drug-likeness (QED) is 0.534. The molecule has 0 aromatic rings. The van der Waals surface area contributed by atoms with Gasteiger partial charge in [-0.25, -0.2) is 0 Å². The summed E-state index contributed by atoms with van der Waals surface area (Å²) in [4.78, 5) is 20.6. The Balaban J connectivity index is 3.79. The van der Waals surface area contributed by atoms with E-state index in [2.05, 4.69) is 0 Å². The van der Waals surface area contributed by atoms with Crippen molar-refractivity contribution in [2.45, 2.75) is 25.7 Å². The van der Waals surface area contributed by atoms with E-state index in [4.69, 9.17) is 15.9 Å². The fourth-order valence-electron chi connectivity index (χ4n) is 1.16. The van der Waals surface area contributed by atoms with E-state index in [0.717, 1.165) is 0 Å². The smallest absolute Gasteiger partial charge is 0.303 e. The molecule has 0 saturated carbocycles. The first-order chi connectivity index (χ1) is 6.06. The van der Waals surface area contributed by atoms with Gasteiger partial charge in [0, 0.05) is 12.8 Å². The largest absolute Gasteiger partial charge is 0.481 e. The molecule has 5 nitrogen and oxygen atoms in total. The number of aliphatic carboxylic acids is 2. The molecule has 0 aliphatic heterocycles. The molecule has 0 saturated heterocycles. The Labute approximate surface area is 76.5 Å². The van der Waals surface area contributed by atoms with Gasteiger partial charge in [0.1, 0.15) is 0 Å². The maximum Gasteiger partial charge on any atom is 0.303 e. The number of nitrogens with two attached hydrogens (primary N) is 1. The second kappa shape index (κ2) is 6.42. The van der Waals surface area contributed by atoms with E-state index >= 15 is 0 Å². The first-order valence-corrected chi connectivity index (χ1v) is 4.20. The molecule has 13 heavy (non-hydrogen) atoms. The number of carboxylic acid groups (broad SMARTS) is 2. The van der Waals surface area contributed by atoms with E-state index in [1.54, 1.807) is 0 Å². The Morgan fingerprint density at radius 3 is 2.15 bits per heavy atom. The summed E-state index contributed by atoms with van der Waals surface area (Å²) in [7, 11) is 0. The second-order valence-corrected chi connectivity index (χ2v) is 2.97. The summed E-state index contributed by atoms with van der Waals surface area (Å²) >= 11 is 0. The summed E-state index contributed by atoms with van der Waals surface area (Å²) in [6.07, 6.45) is 0.973. The van der Waals surface area contributed by atoms with Gasteiger partial charge < -0.3 is 15.9 Å². The minimum atomic E-state index is -0.899. The topological polar surface area (TPSA) is 101 Å². The zero-order valence-corrected chi connectivity index (χ0v) is 7.40. The minimum absolute atomic E-state index is 0.00444. The van der Waals surface area contributed by atoms with Crippen molar-refractivity contribution in [2.24, 2.45) is 11.7 Å². The Hall–Kier alpha value is -1.10. The van der Waals surface area contributed by atoms with Crippen LogP contribution in [0, 0.1) is 5.92 Å². The third-order valence-corrected chi connectivity index (χ3v) is 1.80. The first-order valence-electron chi connectivity index (χ1n) is 4.20. The van der Waals surface area contributed by atoms with Crippen molar-refractivity contribution < 1.29 is 19.8 Å². The van der Waals surface area contributed by atoms with Crippen LogP contribution in [0.2, 0.25) is 0 Å². The first kappa shape index (κ1) is 11.9. The van der Waals surface area contributed by atoms with Gasteiger partial charge in [-0.2, -0.15) is 0 Å². The van der Waals surface area contributed by atoms with Crippen molar-refractivity contribution in [3.63, 3.8) is 0 Å². The fraction of sp³-hybridized carbons (Fsp3) is 0.750. The van der Waals surface area contributed by atoms with Gasteiger partial charge >= 0.3 is 11.9 Å². The highest BCUT2D eigenvalue weighted by molar-refractivity contribution is 5.68. The maximum absolute atomic E-state index is 10.3. The number of carbonyl (C=O) groups is 2. The van der Waals surface area contributed by atoms with Crippen LogP contribution in [0.25, 0.3) is 0 Å². The van der Waals surface area contributed by atoms with Crippen molar-refractivity contribution in [1.82, 2.24) is 0 Å². The normalized spacial score (nSPS) is 12.4. The average molecular weight is 189 g/mol. The SMILES string of the molecule is NCCC(CCC(=O)O)CC(=O)O. The zero-order valence-electron chi connectivity index (χ0n) is 7.40. The van der Waals surface area contributed by atoms with Crippen molar-refractivity contribution >= 4 is 11.9 Å². The van der Waals surface area contributed by atoms with Crippen LogP contribution in [0.5, 0.6) is 0 Å². The molecule has 0 rings (SSSR count). The fourth-order valence-corrected chi connectivity index (χ4v) is 1.16. The highest BCUT2D eigenvalue weighted by Gasteiger charge is 2.13. The average Bonchev–Trinajstić information content (AvgIpc) is 1.99. The van der Waals surface area contributed by atoms with E-state index in [1.165, 1.54) is 0 Å². The third kappa shape index (κ3) is 7.27. The summed E-state index contributed by atoms with van der Waals surface area (Å²) in [6, 6.07) is 0. The molecule has 0 aliphatic carbocycles. The summed E-state index contributed by atoms with van der Waals surface area (Å²) in [6.45, 7) is 0.400. The molecular formula is C8H15NO4. The molecule has 76 valence electrons. The number of carboxylic acids is 2. The van der Waals surface area contributed by atoms with Crippen LogP contribution in [0.15, 0.2) is 0 Å². The molecule has 0 radical (unpaired) electrons. The molecule has 1 atom stereocenters. The molecule has 5 heteroatoms. The molecule has 0 aromatic carbocycles. The van der Waals surface area contributed by atoms with E-state index < -0.39 is 11.9 Å². The standard InChI is InChI=1S/C8H15NO4/c9-4-3-6(5-8(12)13)1-2-7(10)11/h6H,1-5,9H2,(H,10,11)(H,12,13). The van der Waals surface area contributed by atoms with Gasteiger partial charge in [-0.3, -0.25) is 9.59 Å². The molecule has 0 spiro atoms. The predicted octanol–water partition coefficient (Wildman–Crippen LogP) is 0.291. The van der Waals surface area contributed by atoms with Gasteiger partial charge in [0.2, 0.25) is 0 Å². The van der Waals surface area contributed by atoms with Crippen molar-refractivity contribution in [2.75, 3.05) is 6.54 Å². The lowest BCUT2D eigenvalue weighted by Gasteiger charge is -2.11. The lowest BCUT2D eigenvalue weighted by Crippen LogP contribution is -2.14. The van der Waals surface area contributed by atoms with Crippen LogP contribution in [0.1, 0.15) is 25.7 Å². The lowest BCUT2D eigenvalue weighted by atomic mass is 9.96. The Bertz CT molecular complexity index is 181. The maximum atomic E-state index is 10.3. The van der Waals surface area contributed by atoms with Gasteiger partial charge in [0.25, 0.3) is 0 Å². The minimum Gasteiger partial charge on any atom is -0.481 e. The summed E-state index contributed by atoms with van der Waals surface area (Å²) < 4.78 is 0. The molecule has 0 aliphatic rings. The third-order valence-electron chi connectivity index (χ3n) is 1.80. The Morgan fingerprint density at radius 2 is 1.77 bits per heavy atom. The number of hydrogen-bond acceptors (Lipinski definition) is 3. The van der Waals surface area contributed by atoms with Gasteiger partial charge in [0.15, 0.2) is 0 Å². The van der Waals surface area contributed by atoms with Crippen LogP contribution in [0.4, 0.5) is 0 Å². The van der Waals surface area contributed by atoms with Gasteiger partial charge in [-0.15, -0.1) is 0 Å². The van der Waals surface area contributed by atoms with Gasteiger partial charge in [-0.1, -0.05) is 0 Å². The van der Waals surface area contributed by atoms with Crippen molar-refractivity contribution in [3.8, 4) is 0 Å². The zero-order chi connectivity index (χ0) is 10.3. The Morgan fingerprint density at radius 1 is 1.15 bits per heavy atom. The molecule has 0 aromatic heterocycles. The molecule has 0 bridgehead atoms. The Kier molecular flexibility index (Phi) is 5.88. The molecule has 0 fully saturated rings. The van der Waals surface area contributed by atoms with Crippen LogP contribution in [-0.4, -0.2) is 28.7 Å². The van der Waals surface area contributed by atoms with Crippen molar-refractivity contribution in [1.29, 1.82) is 0 Å².